The number of hydrogen-bond donors (Lipinski definition) is 0. The van der Waals surface area contributed by atoms with Gasteiger partial charge in [-0.15, -0.1) is 0 Å². The molecule has 0 saturated carbocycles. The van der Waals surface area contributed by atoms with Crippen LogP contribution in [0.15, 0.2) is 89.4 Å². The molecule has 0 aliphatic heterocycles. The Morgan fingerprint density at radius 2 is 0.974 bits per heavy atom. The Balaban J connectivity index is 0.000000177. The Bertz CT molecular complexity index is 1750. The van der Waals surface area contributed by atoms with E-state index in [-0.39, 0.29) is 32.4 Å². The number of benzene rings is 5. The quantitative estimate of drug-likeness (QED) is 0.122. The van der Waals surface area contributed by atoms with Gasteiger partial charge in [0.05, 0.1) is 26.4 Å². The lowest BCUT2D eigenvalue weighted by Crippen LogP contribution is -2.00. The van der Waals surface area contributed by atoms with Gasteiger partial charge in [0.1, 0.15) is 0 Å². The number of nitro groups is 3. The van der Waals surface area contributed by atoms with Gasteiger partial charge >= 0.3 is 0 Å². The summed E-state index contributed by atoms with van der Waals surface area (Å²) >= 11 is 3.08. The summed E-state index contributed by atoms with van der Waals surface area (Å²) in [5.41, 5.74) is -1.91. The van der Waals surface area contributed by atoms with Crippen molar-refractivity contribution in [3.05, 3.63) is 131 Å². The molecule has 5 aromatic rings. The SMILES string of the molecule is O=C1c2cc([N+](=O)[O-])cc(Br)c2-c2c1cc([N+](=O)[O-])cc2[N+](=O)[O-].c1ccc2cc3ccccc3cc2c1. The number of nitrogens with zero attached hydrogens (tertiary/aromatic N) is 3. The summed E-state index contributed by atoms with van der Waals surface area (Å²) in [6, 6.07) is 25.2. The van der Waals surface area contributed by atoms with Crippen LogP contribution in [0.1, 0.15) is 15.9 Å². The molecule has 10 nitrogen and oxygen atoms in total. The number of rotatable bonds is 3. The average molecular weight is 572 g/mol. The lowest BCUT2D eigenvalue weighted by Gasteiger charge is -2.04. The molecular weight excluding hydrogens is 558 g/mol. The third kappa shape index (κ3) is 4.24. The first kappa shape index (κ1) is 24.7. The van der Waals surface area contributed by atoms with Crippen LogP contribution < -0.4 is 0 Å². The predicted molar refractivity (Wildman–Crippen MR) is 144 cm³/mol. The highest BCUT2D eigenvalue weighted by atomic mass is 79.9. The Morgan fingerprint density at radius 1 is 0.553 bits per heavy atom. The van der Waals surface area contributed by atoms with Crippen molar-refractivity contribution in [1.82, 2.24) is 0 Å². The van der Waals surface area contributed by atoms with Crippen LogP contribution >= 0.6 is 15.9 Å². The van der Waals surface area contributed by atoms with Crippen molar-refractivity contribution < 1.29 is 19.6 Å². The van der Waals surface area contributed by atoms with Gasteiger partial charge in [-0.05, 0) is 49.6 Å². The van der Waals surface area contributed by atoms with E-state index >= 15 is 0 Å². The van der Waals surface area contributed by atoms with Crippen LogP contribution in [0.5, 0.6) is 0 Å². The Labute approximate surface area is 221 Å². The fraction of sp³-hybridized carbons (Fsp3) is 0. The van der Waals surface area contributed by atoms with Crippen LogP contribution in [0.4, 0.5) is 17.1 Å². The number of fused-ring (bicyclic) bond motifs is 5. The first-order valence-corrected chi connectivity index (χ1v) is 11.8. The molecule has 0 radical (unpaired) electrons. The van der Waals surface area contributed by atoms with Crippen molar-refractivity contribution in [2.75, 3.05) is 0 Å². The van der Waals surface area contributed by atoms with E-state index in [9.17, 15) is 35.1 Å². The molecule has 1 aliphatic rings. The molecule has 1 aliphatic carbocycles. The number of nitro benzene ring substituents is 3. The molecule has 0 heterocycles. The molecule has 0 aromatic heterocycles. The van der Waals surface area contributed by atoms with Crippen molar-refractivity contribution in [3.8, 4) is 11.1 Å². The van der Waals surface area contributed by atoms with Gasteiger partial charge in [-0.1, -0.05) is 48.5 Å². The molecular formula is C27H14BrN3O7. The molecule has 0 saturated heterocycles. The van der Waals surface area contributed by atoms with E-state index in [1.807, 2.05) is 0 Å². The topological polar surface area (TPSA) is 146 Å². The summed E-state index contributed by atoms with van der Waals surface area (Å²) in [5, 5.41) is 38.4. The number of ketones is 1. The lowest BCUT2D eigenvalue weighted by molar-refractivity contribution is -0.393. The number of carbonyl (C=O) groups excluding carboxylic acids is 1. The van der Waals surface area contributed by atoms with E-state index in [0.717, 1.165) is 24.3 Å². The molecule has 38 heavy (non-hydrogen) atoms. The third-order valence-electron chi connectivity index (χ3n) is 6.15. The summed E-state index contributed by atoms with van der Waals surface area (Å²) in [5.74, 6) is -0.740. The molecule has 5 aromatic carbocycles. The van der Waals surface area contributed by atoms with Crippen molar-refractivity contribution >= 4 is 60.3 Å². The first-order valence-electron chi connectivity index (χ1n) is 11.0. The number of non-ortho nitro benzene ring substituents is 2. The van der Waals surface area contributed by atoms with Gasteiger partial charge < -0.3 is 0 Å². The standard InChI is InChI=1S/C14H10.C13H4BrN3O7/c1-2-6-12-10-14-8-4-3-7-13(14)9-11(12)5-1;14-9-3-5(15(19)20)1-7-11(9)12-8(13(7)18)2-6(16(21)22)4-10(12)17(23)24/h1-10H;1-4H. The second-order valence-electron chi connectivity index (χ2n) is 8.38. The summed E-state index contributed by atoms with van der Waals surface area (Å²) in [7, 11) is 0. The number of carbonyl (C=O) groups is 1. The summed E-state index contributed by atoms with van der Waals surface area (Å²) in [4.78, 5) is 43.2. The van der Waals surface area contributed by atoms with Gasteiger partial charge in [-0.2, -0.15) is 0 Å². The molecule has 0 bridgehead atoms. The molecule has 0 amide bonds. The zero-order chi connectivity index (χ0) is 27.1. The maximum Gasteiger partial charge on any atom is 0.284 e. The highest BCUT2D eigenvalue weighted by Crippen LogP contribution is 2.48. The lowest BCUT2D eigenvalue weighted by atomic mass is 10.0. The maximum atomic E-state index is 12.5. The van der Waals surface area contributed by atoms with Crippen molar-refractivity contribution in [3.63, 3.8) is 0 Å². The second-order valence-corrected chi connectivity index (χ2v) is 9.24. The molecule has 6 rings (SSSR count). The van der Waals surface area contributed by atoms with Crippen molar-refractivity contribution in [1.29, 1.82) is 0 Å². The molecule has 0 atom stereocenters. The second kappa shape index (κ2) is 9.45. The minimum absolute atomic E-state index is 0.0904. The highest BCUT2D eigenvalue weighted by Gasteiger charge is 2.38. The Hall–Kier alpha value is -5.03. The van der Waals surface area contributed by atoms with Crippen molar-refractivity contribution in [2.24, 2.45) is 0 Å². The molecule has 11 heteroatoms. The van der Waals surface area contributed by atoms with Crippen LogP contribution in [0.25, 0.3) is 32.7 Å². The first-order chi connectivity index (χ1) is 18.2. The van der Waals surface area contributed by atoms with E-state index in [4.69, 9.17) is 0 Å². The third-order valence-corrected chi connectivity index (χ3v) is 6.77. The fourth-order valence-electron chi connectivity index (χ4n) is 4.46. The van der Waals surface area contributed by atoms with Gasteiger partial charge in [-0.3, -0.25) is 35.1 Å². The van der Waals surface area contributed by atoms with Crippen molar-refractivity contribution in [2.45, 2.75) is 0 Å². The number of hydrogen-bond acceptors (Lipinski definition) is 7. The molecule has 0 fully saturated rings. The largest absolute Gasteiger partial charge is 0.289 e. The molecule has 0 unspecified atom stereocenters. The summed E-state index contributed by atoms with van der Waals surface area (Å²) < 4.78 is 0.121. The molecule has 0 spiro atoms. The monoisotopic (exact) mass is 571 g/mol. The maximum absolute atomic E-state index is 12.5. The van der Waals surface area contributed by atoms with Crippen LogP contribution in [0.3, 0.4) is 0 Å². The van der Waals surface area contributed by atoms with Gasteiger partial charge in [-0.25, -0.2) is 0 Å². The van der Waals surface area contributed by atoms with E-state index in [1.165, 1.54) is 21.5 Å². The highest BCUT2D eigenvalue weighted by molar-refractivity contribution is 9.10. The predicted octanol–water partition coefficient (Wildman–Crippen LogP) is 7.38. The zero-order valence-electron chi connectivity index (χ0n) is 19.2. The van der Waals surface area contributed by atoms with Crippen LogP contribution in [0, 0.1) is 30.3 Å². The van der Waals surface area contributed by atoms with Gasteiger partial charge in [0.2, 0.25) is 0 Å². The molecule has 0 N–H and O–H groups in total. The minimum atomic E-state index is -0.846. The van der Waals surface area contributed by atoms with E-state index in [1.54, 1.807) is 0 Å². The average Bonchev–Trinajstić information content (AvgIpc) is 3.19. The summed E-state index contributed by atoms with van der Waals surface area (Å²) in [6.07, 6.45) is 0. The van der Waals surface area contributed by atoms with Crippen LogP contribution in [-0.2, 0) is 0 Å². The summed E-state index contributed by atoms with van der Waals surface area (Å²) in [6.45, 7) is 0. The van der Waals surface area contributed by atoms with Gasteiger partial charge in [0.25, 0.3) is 17.1 Å². The van der Waals surface area contributed by atoms with Crippen LogP contribution in [-0.4, -0.2) is 20.6 Å². The zero-order valence-corrected chi connectivity index (χ0v) is 20.7. The fourth-order valence-corrected chi connectivity index (χ4v) is 5.11. The van der Waals surface area contributed by atoms with E-state index in [2.05, 4.69) is 76.6 Å². The Kier molecular flexibility index (Phi) is 6.13. The van der Waals surface area contributed by atoms with Crippen LogP contribution in [0.2, 0.25) is 0 Å². The van der Waals surface area contributed by atoms with E-state index < -0.39 is 31.9 Å². The Morgan fingerprint density at radius 3 is 1.39 bits per heavy atom. The molecule has 186 valence electrons. The van der Waals surface area contributed by atoms with Gasteiger partial charge in [0, 0.05) is 39.4 Å². The number of halogens is 1. The minimum Gasteiger partial charge on any atom is -0.289 e. The normalized spacial score (nSPS) is 11.4. The van der Waals surface area contributed by atoms with Gasteiger partial charge in [0.15, 0.2) is 5.78 Å². The smallest absolute Gasteiger partial charge is 0.284 e. The van der Waals surface area contributed by atoms with E-state index in [0.29, 0.717) is 0 Å².